The van der Waals surface area contributed by atoms with Gasteiger partial charge in [-0.3, -0.25) is 0 Å². The van der Waals surface area contributed by atoms with Crippen LogP contribution in [-0.2, 0) is 6.18 Å². The van der Waals surface area contributed by atoms with Gasteiger partial charge in [-0.1, -0.05) is 29.8 Å². The van der Waals surface area contributed by atoms with E-state index in [-0.39, 0.29) is 10.6 Å². The highest BCUT2D eigenvalue weighted by Crippen LogP contribution is 2.33. The maximum absolute atomic E-state index is 13.9. The fraction of sp³-hybridized carbons (Fsp3) is 0.200. The van der Waals surface area contributed by atoms with Gasteiger partial charge in [0.15, 0.2) is 0 Å². The molecule has 1 unspecified atom stereocenters. The van der Waals surface area contributed by atoms with E-state index in [1.54, 1.807) is 7.05 Å². The van der Waals surface area contributed by atoms with E-state index in [1.165, 1.54) is 30.3 Å². The highest BCUT2D eigenvalue weighted by atomic mass is 35.5. The largest absolute Gasteiger partial charge is 0.416 e. The molecular formula is C15H12ClF4N. The van der Waals surface area contributed by atoms with E-state index in [1.807, 2.05) is 0 Å². The summed E-state index contributed by atoms with van der Waals surface area (Å²) in [6.45, 7) is 0. The first-order valence-corrected chi connectivity index (χ1v) is 6.50. The first-order valence-electron chi connectivity index (χ1n) is 6.13. The van der Waals surface area contributed by atoms with Crippen LogP contribution in [0.3, 0.4) is 0 Å². The first kappa shape index (κ1) is 15.8. The third-order valence-corrected chi connectivity index (χ3v) is 3.48. The van der Waals surface area contributed by atoms with Gasteiger partial charge in [-0.2, -0.15) is 13.2 Å². The second kappa shape index (κ2) is 6.03. The molecule has 0 fully saturated rings. The van der Waals surface area contributed by atoms with Crippen LogP contribution >= 0.6 is 11.6 Å². The second-order valence-electron chi connectivity index (χ2n) is 4.48. The van der Waals surface area contributed by atoms with Gasteiger partial charge in [0.25, 0.3) is 0 Å². The molecule has 1 nitrogen and oxygen atoms in total. The molecule has 2 rings (SSSR count). The van der Waals surface area contributed by atoms with Gasteiger partial charge >= 0.3 is 6.18 Å². The highest BCUT2D eigenvalue weighted by molar-refractivity contribution is 6.31. The zero-order valence-corrected chi connectivity index (χ0v) is 11.8. The van der Waals surface area contributed by atoms with Crippen molar-refractivity contribution in [2.45, 2.75) is 12.2 Å². The maximum Gasteiger partial charge on any atom is 0.416 e. The molecule has 0 spiro atoms. The van der Waals surface area contributed by atoms with E-state index < -0.39 is 23.6 Å². The molecule has 6 heteroatoms. The molecule has 2 aromatic rings. The van der Waals surface area contributed by atoms with Crippen LogP contribution < -0.4 is 5.32 Å². The Morgan fingerprint density at radius 1 is 1.05 bits per heavy atom. The van der Waals surface area contributed by atoms with Crippen LogP contribution in [-0.4, -0.2) is 7.05 Å². The van der Waals surface area contributed by atoms with E-state index in [4.69, 9.17) is 11.6 Å². The Morgan fingerprint density at radius 2 is 1.67 bits per heavy atom. The average molecular weight is 318 g/mol. The molecule has 0 aromatic heterocycles. The van der Waals surface area contributed by atoms with Gasteiger partial charge in [0.05, 0.1) is 11.6 Å². The molecule has 0 saturated carbocycles. The number of halogens is 5. The average Bonchev–Trinajstić information content (AvgIpc) is 2.42. The standard InChI is InChI=1S/C15H12ClF4N/c1-21-14(13-11(16)3-2-4-12(13)17)9-5-7-10(8-6-9)15(18,19)20/h2-8,14,21H,1H3. The van der Waals surface area contributed by atoms with E-state index >= 15 is 0 Å². The molecule has 21 heavy (non-hydrogen) atoms. The summed E-state index contributed by atoms with van der Waals surface area (Å²) in [6, 6.07) is 8.20. The maximum atomic E-state index is 13.9. The Balaban J connectivity index is 2.43. The third-order valence-electron chi connectivity index (χ3n) is 3.15. The van der Waals surface area contributed by atoms with Crippen LogP contribution in [0.4, 0.5) is 17.6 Å². The van der Waals surface area contributed by atoms with Crippen molar-refractivity contribution in [2.24, 2.45) is 0 Å². The molecule has 0 aliphatic rings. The molecule has 2 aromatic carbocycles. The minimum atomic E-state index is -4.40. The predicted octanol–water partition coefficient (Wildman–Crippen LogP) is 4.81. The number of rotatable bonds is 3. The SMILES string of the molecule is CNC(c1ccc(C(F)(F)F)cc1)c1c(F)cccc1Cl. The minimum absolute atomic E-state index is 0.210. The minimum Gasteiger partial charge on any atom is -0.309 e. The van der Waals surface area contributed by atoms with Crippen LogP contribution in [0.1, 0.15) is 22.7 Å². The van der Waals surface area contributed by atoms with Gasteiger partial charge in [0, 0.05) is 10.6 Å². The van der Waals surface area contributed by atoms with Gasteiger partial charge in [-0.15, -0.1) is 0 Å². The Labute approximate surface area is 124 Å². The molecule has 0 saturated heterocycles. The Kier molecular flexibility index (Phi) is 4.54. The number of hydrogen-bond donors (Lipinski definition) is 1. The second-order valence-corrected chi connectivity index (χ2v) is 4.88. The molecular weight excluding hydrogens is 306 g/mol. The smallest absolute Gasteiger partial charge is 0.309 e. The van der Waals surface area contributed by atoms with Gasteiger partial charge in [0.2, 0.25) is 0 Å². The van der Waals surface area contributed by atoms with Crippen LogP contribution in [0.15, 0.2) is 42.5 Å². The lowest BCUT2D eigenvalue weighted by Crippen LogP contribution is -2.19. The summed E-state index contributed by atoms with van der Waals surface area (Å²) in [5.74, 6) is -0.512. The van der Waals surface area contributed by atoms with Crippen molar-refractivity contribution in [3.8, 4) is 0 Å². The molecule has 0 amide bonds. The summed E-state index contributed by atoms with van der Waals surface area (Å²) in [7, 11) is 1.59. The molecule has 0 heterocycles. The molecule has 0 aliphatic carbocycles. The molecule has 112 valence electrons. The number of benzene rings is 2. The fourth-order valence-corrected chi connectivity index (χ4v) is 2.40. The molecule has 1 atom stereocenters. The van der Waals surface area contributed by atoms with E-state index in [2.05, 4.69) is 5.32 Å². The van der Waals surface area contributed by atoms with Crippen molar-refractivity contribution in [1.29, 1.82) is 0 Å². The lowest BCUT2D eigenvalue weighted by Gasteiger charge is -2.20. The van der Waals surface area contributed by atoms with Crippen molar-refractivity contribution in [2.75, 3.05) is 7.05 Å². The summed E-state index contributed by atoms with van der Waals surface area (Å²) in [4.78, 5) is 0. The summed E-state index contributed by atoms with van der Waals surface area (Å²) >= 11 is 6.00. The summed E-state index contributed by atoms with van der Waals surface area (Å²) in [5, 5.41) is 3.09. The summed E-state index contributed by atoms with van der Waals surface area (Å²) in [6.07, 6.45) is -4.40. The van der Waals surface area contributed by atoms with Crippen molar-refractivity contribution in [3.05, 3.63) is 70.0 Å². The van der Waals surface area contributed by atoms with E-state index in [0.717, 1.165) is 12.1 Å². The topological polar surface area (TPSA) is 12.0 Å². The molecule has 0 bridgehead atoms. The normalized spacial score (nSPS) is 13.2. The molecule has 0 radical (unpaired) electrons. The van der Waals surface area contributed by atoms with E-state index in [0.29, 0.717) is 5.56 Å². The van der Waals surface area contributed by atoms with Crippen LogP contribution in [0.2, 0.25) is 5.02 Å². The summed E-state index contributed by atoms with van der Waals surface area (Å²) < 4.78 is 51.6. The number of hydrogen-bond acceptors (Lipinski definition) is 1. The van der Waals surface area contributed by atoms with E-state index in [9.17, 15) is 17.6 Å². The van der Waals surface area contributed by atoms with Crippen molar-refractivity contribution in [3.63, 3.8) is 0 Å². The zero-order chi connectivity index (χ0) is 15.6. The van der Waals surface area contributed by atoms with Crippen molar-refractivity contribution in [1.82, 2.24) is 5.32 Å². The highest BCUT2D eigenvalue weighted by Gasteiger charge is 2.30. The zero-order valence-electron chi connectivity index (χ0n) is 11.0. The van der Waals surface area contributed by atoms with Crippen LogP contribution in [0, 0.1) is 5.82 Å². The van der Waals surface area contributed by atoms with Gasteiger partial charge < -0.3 is 5.32 Å². The number of nitrogens with one attached hydrogen (secondary N) is 1. The Morgan fingerprint density at radius 3 is 2.14 bits per heavy atom. The first-order chi connectivity index (χ1) is 9.84. The predicted molar refractivity (Wildman–Crippen MR) is 73.8 cm³/mol. The summed E-state index contributed by atoms with van der Waals surface area (Å²) in [5.41, 5.74) is -0.0420. The quantitative estimate of drug-likeness (QED) is 0.801. The Bertz CT molecular complexity index is 602. The van der Waals surface area contributed by atoms with Crippen LogP contribution in [0.5, 0.6) is 0 Å². The van der Waals surface area contributed by atoms with Crippen molar-refractivity contribution >= 4 is 11.6 Å². The van der Waals surface area contributed by atoms with Crippen LogP contribution in [0.25, 0.3) is 0 Å². The monoisotopic (exact) mass is 317 g/mol. The van der Waals surface area contributed by atoms with Gasteiger partial charge in [-0.05, 0) is 36.9 Å². The molecule has 1 N–H and O–H groups in total. The Hall–Kier alpha value is -1.59. The lowest BCUT2D eigenvalue weighted by atomic mass is 9.97. The van der Waals surface area contributed by atoms with Crippen molar-refractivity contribution < 1.29 is 17.6 Å². The van der Waals surface area contributed by atoms with Gasteiger partial charge in [-0.25, -0.2) is 4.39 Å². The van der Waals surface area contributed by atoms with Gasteiger partial charge in [0.1, 0.15) is 5.82 Å². The molecule has 0 aliphatic heterocycles. The lowest BCUT2D eigenvalue weighted by molar-refractivity contribution is -0.137. The third kappa shape index (κ3) is 3.36. The fourth-order valence-electron chi connectivity index (χ4n) is 2.13. The number of alkyl halides is 3.